The van der Waals surface area contributed by atoms with Gasteiger partial charge in [-0.2, -0.15) is 4.98 Å². The fourth-order valence-electron chi connectivity index (χ4n) is 2.63. The Morgan fingerprint density at radius 2 is 1.89 bits per heavy atom. The third-order valence-electron chi connectivity index (χ3n) is 3.95. The van der Waals surface area contributed by atoms with E-state index in [2.05, 4.69) is 15.0 Å². The molecule has 27 heavy (non-hydrogen) atoms. The molecule has 0 aliphatic carbocycles. The summed E-state index contributed by atoms with van der Waals surface area (Å²) < 4.78 is 25.0. The van der Waals surface area contributed by atoms with Crippen molar-refractivity contribution >= 4 is 22.8 Å². The van der Waals surface area contributed by atoms with Crippen LogP contribution in [0.1, 0.15) is 11.1 Å². The van der Waals surface area contributed by atoms with E-state index < -0.39 is 5.82 Å². The number of nitrogens with zero attached hydrogens (tertiary/aromatic N) is 3. The van der Waals surface area contributed by atoms with Gasteiger partial charge in [0.2, 0.25) is 5.89 Å². The molecule has 0 bridgehead atoms. The number of halogens is 2. The van der Waals surface area contributed by atoms with E-state index in [4.69, 9.17) is 20.8 Å². The number of aromatic nitrogens is 3. The maximum atomic E-state index is 14.0. The molecule has 0 amide bonds. The van der Waals surface area contributed by atoms with Crippen LogP contribution in [-0.4, -0.2) is 15.0 Å². The highest BCUT2D eigenvalue weighted by Crippen LogP contribution is 2.31. The Labute approximate surface area is 158 Å². The highest BCUT2D eigenvalue weighted by Gasteiger charge is 2.16. The van der Waals surface area contributed by atoms with Crippen molar-refractivity contribution in [2.45, 2.75) is 13.8 Å². The fraction of sp³-hybridized carbons (Fsp3) is 0.105. The van der Waals surface area contributed by atoms with Gasteiger partial charge in [-0.25, -0.2) is 14.4 Å². The number of hydrogen-bond acceptors (Lipinski definition) is 5. The van der Waals surface area contributed by atoms with Crippen LogP contribution in [-0.2, 0) is 5.11 Å². The summed E-state index contributed by atoms with van der Waals surface area (Å²) in [5, 5.41) is 11.8. The second kappa shape index (κ2) is 6.51. The Bertz CT molecular complexity index is 1150. The summed E-state index contributed by atoms with van der Waals surface area (Å²) in [6, 6.07) is 7.67. The summed E-state index contributed by atoms with van der Waals surface area (Å²) in [6.45, 7) is 3.46. The van der Waals surface area contributed by atoms with Gasteiger partial charge in [0.15, 0.2) is 17.3 Å². The van der Waals surface area contributed by atoms with E-state index in [0.717, 1.165) is 0 Å². The summed E-state index contributed by atoms with van der Waals surface area (Å²) in [5.41, 5.74) is 2.44. The van der Waals surface area contributed by atoms with Crippen LogP contribution in [0.25, 0.3) is 22.7 Å². The summed E-state index contributed by atoms with van der Waals surface area (Å²) >= 11 is 5.74. The van der Waals surface area contributed by atoms with E-state index in [9.17, 15) is 9.50 Å². The minimum atomic E-state index is -0.704. The van der Waals surface area contributed by atoms with Crippen molar-refractivity contribution in [1.29, 1.82) is 0 Å². The molecule has 6 nitrogen and oxygen atoms in total. The van der Waals surface area contributed by atoms with Crippen LogP contribution in [0.3, 0.4) is 0 Å². The number of fused-ring (bicyclic) bond motifs is 1. The number of ether oxygens (including phenoxy) is 1. The van der Waals surface area contributed by atoms with Crippen molar-refractivity contribution in [3.8, 4) is 29.0 Å². The molecule has 0 atom stereocenters. The van der Waals surface area contributed by atoms with Gasteiger partial charge in [0, 0.05) is 5.56 Å². The Hall–Kier alpha value is -3.19. The van der Waals surface area contributed by atoms with Crippen molar-refractivity contribution in [3.05, 3.63) is 58.5 Å². The van der Waals surface area contributed by atoms with Gasteiger partial charge in [-0.05, 0) is 49.2 Å². The van der Waals surface area contributed by atoms with Gasteiger partial charge in [0.05, 0.1) is 11.2 Å². The van der Waals surface area contributed by atoms with Crippen molar-refractivity contribution in [3.63, 3.8) is 0 Å². The van der Waals surface area contributed by atoms with E-state index >= 15 is 0 Å². The zero-order valence-corrected chi connectivity index (χ0v) is 15.0. The molecule has 0 fully saturated rings. The summed E-state index contributed by atoms with van der Waals surface area (Å²) in [6.07, 6.45) is 1.41. The van der Waals surface area contributed by atoms with Gasteiger partial charge < -0.3 is 9.15 Å². The molecule has 2 aromatic carbocycles. The average Bonchev–Trinajstić information content (AvgIpc) is 3.06. The van der Waals surface area contributed by atoms with Gasteiger partial charge in [-0.1, -0.05) is 17.7 Å². The van der Waals surface area contributed by atoms with Gasteiger partial charge in [-0.3, -0.25) is 5.11 Å². The molecule has 0 aliphatic heterocycles. The van der Waals surface area contributed by atoms with Crippen LogP contribution in [0, 0.1) is 19.7 Å². The van der Waals surface area contributed by atoms with E-state index in [-0.39, 0.29) is 28.2 Å². The molecule has 0 saturated heterocycles. The maximum absolute atomic E-state index is 14.0. The van der Waals surface area contributed by atoms with Crippen LogP contribution in [0.5, 0.6) is 17.5 Å². The van der Waals surface area contributed by atoms with Crippen molar-refractivity contribution in [2.24, 2.45) is 0 Å². The summed E-state index contributed by atoms with van der Waals surface area (Å²) in [4.78, 5) is 12.5. The lowest BCUT2D eigenvalue weighted by atomic mass is 10.1. The van der Waals surface area contributed by atoms with E-state index in [1.807, 2.05) is 0 Å². The van der Waals surface area contributed by atoms with E-state index in [1.165, 1.54) is 18.3 Å². The largest absolute Gasteiger partial charge is 0.421 e. The van der Waals surface area contributed by atoms with Crippen LogP contribution in [0.2, 0.25) is 5.02 Å². The second-order valence-electron chi connectivity index (χ2n) is 5.96. The molecule has 1 radical (unpaired) electrons. The first-order chi connectivity index (χ1) is 12.9. The first-order valence-electron chi connectivity index (χ1n) is 7.96. The molecule has 4 rings (SSSR count). The average molecular weight is 385 g/mol. The van der Waals surface area contributed by atoms with Crippen molar-refractivity contribution < 1.29 is 18.7 Å². The molecule has 0 N–H and O–H groups in total. The summed E-state index contributed by atoms with van der Waals surface area (Å²) in [7, 11) is 0. The molecule has 2 aromatic heterocycles. The van der Waals surface area contributed by atoms with Gasteiger partial charge in [0.25, 0.3) is 5.71 Å². The molecule has 2 heterocycles. The third-order valence-corrected chi connectivity index (χ3v) is 4.25. The summed E-state index contributed by atoms with van der Waals surface area (Å²) in [5.74, 6) is -0.519. The topological polar surface area (TPSA) is 80.9 Å². The lowest BCUT2D eigenvalue weighted by Gasteiger charge is -2.04. The number of aryl methyl sites for hydroxylation is 2. The minimum absolute atomic E-state index is 0.0195. The molecular formula is C19H12ClFN3O3. The Kier molecular flexibility index (Phi) is 4.16. The predicted octanol–water partition coefficient (Wildman–Crippen LogP) is 5.63. The number of oxazole rings is 1. The zero-order valence-electron chi connectivity index (χ0n) is 14.3. The Morgan fingerprint density at radius 1 is 1.15 bits per heavy atom. The maximum Gasteiger partial charge on any atom is 0.325 e. The van der Waals surface area contributed by atoms with Crippen LogP contribution < -0.4 is 4.74 Å². The zero-order chi connectivity index (χ0) is 19.1. The van der Waals surface area contributed by atoms with Crippen LogP contribution in [0.4, 0.5) is 4.39 Å². The quantitative estimate of drug-likeness (QED) is 0.457. The highest BCUT2D eigenvalue weighted by molar-refractivity contribution is 6.30. The lowest BCUT2D eigenvalue weighted by Crippen LogP contribution is -1.94. The monoisotopic (exact) mass is 384 g/mol. The second-order valence-corrected chi connectivity index (χ2v) is 6.36. The molecule has 0 aliphatic rings. The smallest absolute Gasteiger partial charge is 0.325 e. The molecule has 0 spiro atoms. The normalized spacial score (nSPS) is 11.1. The minimum Gasteiger partial charge on any atom is -0.421 e. The van der Waals surface area contributed by atoms with Crippen LogP contribution >= 0.6 is 11.6 Å². The van der Waals surface area contributed by atoms with E-state index in [0.29, 0.717) is 28.1 Å². The third kappa shape index (κ3) is 3.17. The molecule has 0 unspecified atom stereocenters. The van der Waals surface area contributed by atoms with Gasteiger partial charge in [0.1, 0.15) is 5.52 Å². The first kappa shape index (κ1) is 17.2. The first-order valence-corrected chi connectivity index (χ1v) is 8.34. The molecule has 4 aromatic rings. The fourth-order valence-corrected chi connectivity index (χ4v) is 2.79. The van der Waals surface area contributed by atoms with Crippen molar-refractivity contribution in [2.75, 3.05) is 0 Å². The lowest BCUT2D eigenvalue weighted by molar-refractivity contribution is 0.348. The molecule has 135 valence electrons. The Morgan fingerprint density at radius 3 is 2.63 bits per heavy atom. The number of benzene rings is 2. The SMILES string of the molecule is Cc1cc(-c2nc3cnc(Oc4cccc(Cl)c4F)nc3o2)cc(C)c1[O]. The van der Waals surface area contributed by atoms with Crippen LogP contribution in [0.15, 0.2) is 40.9 Å². The van der Waals surface area contributed by atoms with E-state index in [1.54, 1.807) is 32.0 Å². The molecule has 0 saturated carbocycles. The van der Waals surface area contributed by atoms with Gasteiger partial charge in [-0.15, -0.1) is 0 Å². The van der Waals surface area contributed by atoms with Crippen molar-refractivity contribution in [1.82, 2.24) is 15.0 Å². The predicted molar refractivity (Wildman–Crippen MR) is 96.1 cm³/mol. The standard InChI is InChI=1S/C19H12ClFN3O3/c1-9-6-11(7-10(2)16(9)25)17-23-13-8-22-19(24-18(13)27-17)26-14-5-3-4-12(20)15(14)21/h3-8H,1-2H3. The molecule has 8 heteroatoms. The number of hydrogen-bond donors (Lipinski definition) is 0. The highest BCUT2D eigenvalue weighted by atomic mass is 35.5. The molecular weight excluding hydrogens is 373 g/mol. The Balaban J connectivity index is 1.71. The van der Waals surface area contributed by atoms with Gasteiger partial charge >= 0.3 is 6.01 Å². The number of rotatable bonds is 3.